The summed E-state index contributed by atoms with van der Waals surface area (Å²) in [6, 6.07) is 0. The van der Waals surface area contributed by atoms with Gasteiger partial charge in [-0.05, 0) is 13.3 Å². The van der Waals surface area contributed by atoms with Crippen LogP contribution in [0.3, 0.4) is 0 Å². The van der Waals surface area contributed by atoms with E-state index in [9.17, 15) is 0 Å². The molecule has 5 heteroatoms. The van der Waals surface area contributed by atoms with Crippen LogP contribution in [-0.4, -0.2) is 61.6 Å². The molecule has 2 aliphatic rings. The lowest BCUT2D eigenvalue weighted by Gasteiger charge is -1.95. The van der Waals surface area contributed by atoms with Crippen LogP contribution in [0.1, 0.15) is 13.3 Å². The summed E-state index contributed by atoms with van der Waals surface area (Å²) in [6.07, 6.45) is 0.919. The second-order valence-electron chi connectivity index (χ2n) is 3.81. The lowest BCUT2D eigenvalue weighted by atomic mass is 10.3. The van der Waals surface area contributed by atoms with Gasteiger partial charge in [-0.2, -0.15) is 0 Å². The molecule has 2 heterocycles. The van der Waals surface area contributed by atoms with Gasteiger partial charge >= 0.3 is 0 Å². The summed E-state index contributed by atoms with van der Waals surface area (Å²) in [4.78, 5) is 0. The van der Waals surface area contributed by atoms with Crippen molar-refractivity contribution in [3.63, 3.8) is 0 Å². The maximum absolute atomic E-state index is 8.39. The molecular weight excluding hydrogens is 200 g/mol. The van der Waals surface area contributed by atoms with E-state index in [-0.39, 0.29) is 12.7 Å². The van der Waals surface area contributed by atoms with Crippen molar-refractivity contribution in [2.75, 3.05) is 33.0 Å². The van der Waals surface area contributed by atoms with Gasteiger partial charge in [-0.3, -0.25) is 0 Å². The predicted molar refractivity (Wildman–Crippen MR) is 53.7 cm³/mol. The maximum atomic E-state index is 8.39. The van der Waals surface area contributed by atoms with Gasteiger partial charge in [-0.1, -0.05) is 0 Å². The number of rotatable bonds is 6. The van der Waals surface area contributed by atoms with E-state index < -0.39 is 0 Å². The molecule has 2 saturated heterocycles. The summed E-state index contributed by atoms with van der Waals surface area (Å²) in [5.74, 6) is 0. The second kappa shape index (κ2) is 7.14. The van der Waals surface area contributed by atoms with Crippen LogP contribution in [0.4, 0.5) is 0 Å². The molecule has 0 aromatic heterocycles. The van der Waals surface area contributed by atoms with Gasteiger partial charge in [-0.15, -0.1) is 0 Å². The first-order chi connectivity index (χ1) is 7.22. The summed E-state index contributed by atoms with van der Waals surface area (Å²) >= 11 is 0. The first kappa shape index (κ1) is 12.9. The smallest absolute Gasteiger partial charge is 0.104 e. The molecule has 2 rings (SSSR count). The van der Waals surface area contributed by atoms with E-state index in [1.54, 1.807) is 6.92 Å². The number of hydrogen-bond acceptors (Lipinski definition) is 5. The highest BCUT2D eigenvalue weighted by Gasteiger charge is 2.26. The van der Waals surface area contributed by atoms with Crippen molar-refractivity contribution >= 4 is 0 Å². The standard InChI is InChI=1S/C6H10O3.C4H10O2/c1(5-3-8-5)7-2-6-4-9-6;1-4(6)2-3-5/h5-6H,1-4H2;4-6H,2-3H2,1H3. The van der Waals surface area contributed by atoms with Crippen LogP contribution in [0.2, 0.25) is 0 Å². The first-order valence-electron chi connectivity index (χ1n) is 5.32. The van der Waals surface area contributed by atoms with Gasteiger partial charge in [0.25, 0.3) is 0 Å². The lowest BCUT2D eigenvalue weighted by Crippen LogP contribution is -2.06. The Morgan fingerprint density at radius 3 is 1.93 bits per heavy atom. The molecular formula is C10H20O5. The number of aliphatic hydroxyl groups excluding tert-OH is 2. The van der Waals surface area contributed by atoms with Crippen LogP contribution in [0.5, 0.6) is 0 Å². The van der Waals surface area contributed by atoms with Crippen LogP contribution in [0.15, 0.2) is 0 Å². The third kappa shape index (κ3) is 8.77. The highest BCUT2D eigenvalue weighted by molar-refractivity contribution is 4.71. The van der Waals surface area contributed by atoms with E-state index in [1.165, 1.54) is 0 Å². The van der Waals surface area contributed by atoms with Crippen molar-refractivity contribution in [2.24, 2.45) is 0 Å². The zero-order valence-corrected chi connectivity index (χ0v) is 9.09. The van der Waals surface area contributed by atoms with Crippen LogP contribution in [0.25, 0.3) is 0 Å². The quantitative estimate of drug-likeness (QED) is 0.593. The highest BCUT2D eigenvalue weighted by atomic mass is 16.6. The highest BCUT2D eigenvalue weighted by Crippen LogP contribution is 2.12. The van der Waals surface area contributed by atoms with Gasteiger partial charge in [0.2, 0.25) is 0 Å². The maximum Gasteiger partial charge on any atom is 0.104 e. The van der Waals surface area contributed by atoms with Gasteiger partial charge in [0, 0.05) is 6.61 Å². The van der Waals surface area contributed by atoms with Crippen LogP contribution in [0, 0.1) is 0 Å². The third-order valence-electron chi connectivity index (χ3n) is 1.96. The van der Waals surface area contributed by atoms with Crippen LogP contribution in [-0.2, 0) is 14.2 Å². The molecule has 0 aromatic carbocycles. The van der Waals surface area contributed by atoms with E-state index in [2.05, 4.69) is 0 Å². The van der Waals surface area contributed by atoms with Crippen LogP contribution >= 0.6 is 0 Å². The van der Waals surface area contributed by atoms with Crippen molar-refractivity contribution < 1.29 is 24.4 Å². The molecule has 2 N–H and O–H groups in total. The fourth-order valence-electron chi connectivity index (χ4n) is 0.846. The summed E-state index contributed by atoms with van der Waals surface area (Å²) < 4.78 is 15.1. The first-order valence-corrected chi connectivity index (χ1v) is 5.32. The molecule has 0 aromatic rings. The molecule has 15 heavy (non-hydrogen) atoms. The van der Waals surface area contributed by atoms with E-state index in [0.29, 0.717) is 18.6 Å². The lowest BCUT2D eigenvalue weighted by molar-refractivity contribution is 0.102. The Hall–Kier alpha value is -0.200. The van der Waals surface area contributed by atoms with E-state index in [1.807, 2.05) is 0 Å². The largest absolute Gasteiger partial charge is 0.396 e. The van der Waals surface area contributed by atoms with Gasteiger partial charge in [0.15, 0.2) is 0 Å². The van der Waals surface area contributed by atoms with Gasteiger partial charge in [0.05, 0.1) is 32.5 Å². The van der Waals surface area contributed by atoms with E-state index >= 15 is 0 Å². The van der Waals surface area contributed by atoms with Gasteiger partial charge < -0.3 is 24.4 Å². The van der Waals surface area contributed by atoms with Crippen molar-refractivity contribution in [3.8, 4) is 0 Å². The monoisotopic (exact) mass is 220 g/mol. The average Bonchev–Trinajstić information content (AvgIpc) is 2.99. The van der Waals surface area contributed by atoms with Crippen LogP contribution < -0.4 is 0 Å². The average molecular weight is 220 g/mol. The number of ether oxygens (including phenoxy) is 3. The third-order valence-corrected chi connectivity index (χ3v) is 1.96. The Bertz CT molecular complexity index is 142. The molecule has 0 spiro atoms. The molecule has 0 bridgehead atoms. The summed E-state index contributed by atoms with van der Waals surface area (Å²) in [6.45, 7) is 4.99. The molecule has 5 nitrogen and oxygen atoms in total. The minimum atomic E-state index is -0.352. The normalized spacial score (nSPS) is 29.0. The molecule has 2 fully saturated rings. The summed E-state index contributed by atoms with van der Waals surface area (Å²) in [5, 5.41) is 16.5. The molecule has 0 amide bonds. The van der Waals surface area contributed by atoms with Crippen molar-refractivity contribution in [3.05, 3.63) is 0 Å². The van der Waals surface area contributed by atoms with Gasteiger partial charge in [0.1, 0.15) is 12.2 Å². The summed E-state index contributed by atoms with van der Waals surface area (Å²) in [5.41, 5.74) is 0. The second-order valence-corrected chi connectivity index (χ2v) is 3.81. The Morgan fingerprint density at radius 2 is 1.73 bits per heavy atom. The Labute approximate surface area is 89.9 Å². The zero-order valence-electron chi connectivity index (χ0n) is 9.09. The fourth-order valence-corrected chi connectivity index (χ4v) is 0.846. The minimum absolute atomic E-state index is 0.0810. The van der Waals surface area contributed by atoms with Crippen molar-refractivity contribution in [1.82, 2.24) is 0 Å². The Kier molecular flexibility index (Phi) is 6.12. The zero-order chi connectivity index (χ0) is 11.1. The van der Waals surface area contributed by atoms with Crippen molar-refractivity contribution in [1.29, 1.82) is 0 Å². The number of epoxide rings is 2. The fraction of sp³-hybridized carbons (Fsp3) is 1.00. The molecule has 3 atom stereocenters. The van der Waals surface area contributed by atoms with E-state index in [0.717, 1.165) is 26.4 Å². The molecule has 0 saturated carbocycles. The molecule has 0 aliphatic carbocycles. The SMILES string of the molecule is C(OCC1CO1)C1CO1.CC(O)CCO. The number of aliphatic hydroxyl groups is 2. The minimum Gasteiger partial charge on any atom is -0.396 e. The predicted octanol–water partition coefficient (Wildman–Crippen LogP) is -0.450. The molecule has 3 unspecified atom stereocenters. The topological polar surface area (TPSA) is 74.8 Å². The molecule has 0 radical (unpaired) electrons. The molecule has 2 aliphatic heterocycles. The number of hydrogen-bond donors (Lipinski definition) is 2. The van der Waals surface area contributed by atoms with Gasteiger partial charge in [-0.25, -0.2) is 0 Å². The van der Waals surface area contributed by atoms with Crippen molar-refractivity contribution in [2.45, 2.75) is 31.7 Å². The van der Waals surface area contributed by atoms with E-state index in [4.69, 9.17) is 24.4 Å². The Balaban J connectivity index is 0.000000167. The summed E-state index contributed by atoms with van der Waals surface area (Å²) in [7, 11) is 0. The molecule has 90 valence electrons. The Morgan fingerprint density at radius 1 is 1.27 bits per heavy atom.